The van der Waals surface area contributed by atoms with Gasteiger partial charge in [0.1, 0.15) is 5.82 Å². The Morgan fingerprint density at radius 3 is 2.41 bits per heavy atom. The molecule has 1 aliphatic rings. The van der Waals surface area contributed by atoms with Gasteiger partial charge in [0.25, 0.3) is 0 Å². The molecular formula is C13H17FINO. The minimum Gasteiger partial charge on any atom is -0.372 e. The molecule has 2 rings (SSSR count). The van der Waals surface area contributed by atoms with E-state index in [4.69, 9.17) is 4.74 Å². The van der Waals surface area contributed by atoms with Gasteiger partial charge in [0.2, 0.25) is 0 Å². The molecule has 0 spiro atoms. The Labute approximate surface area is 115 Å². The third kappa shape index (κ3) is 2.91. The van der Waals surface area contributed by atoms with E-state index in [1.165, 1.54) is 0 Å². The fraction of sp³-hybridized carbons (Fsp3) is 0.538. The van der Waals surface area contributed by atoms with Crippen LogP contribution < -0.4 is 4.90 Å². The van der Waals surface area contributed by atoms with Gasteiger partial charge in [-0.15, -0.1) is 0 Å². The molecule has 2 atom stereocenters. The first-order chi connectivity index (χ1) is 7.97. The second-order valence-corrected chi connectivity index (χ2v) is 5.90. The van der Waals surface area contributed by atoms with Crippen LogP contribution in [0.5, 0.6) is 0 Å². The second-order valence-electron chi connectivity index (χ2n) is 4.74. The molecule has 1 saturated heterocycles. The summed E-state index contributed by atoms with van der Waals surface area (Å²) < 4.78 is 20.7. The molecular weight excluding hydrogens is 332 g/mol. The van der Waals surface area contributed by atoms with Crippen LogP contribution in [0.25, 0.3) is 0 Å². The van der Waals surface area contributed by atoms with Crippen molar-refractivity contribution in [1.29, 1.82) is 0 Å². The standard InChI is InChI=1S/C13H17FINO/c1-8-4-11(14)13(12(15)5-8)16-6-9(2)17-10(3)7-16/h4-5,9-10H,6-7H2,1-3H3/t9-,10+. The Hall–Kier alpha value is -0.360. The number of ether oxygens (including phenoxy) is 1. The molecule has 0 aromatic heterocycles. The van der Waals surface area contributed by atoms with Gasteiger partial charge in [0, 0.05) is 16.7 Å². The number of rotatable bonds is 1. The van der Waals surface area contributed by atoms with E-state index in [2.05, 4.69) is 27.5 Å². The van der Waals surface area contributed by atoms with Gasteiger partial charge in [-0.2, -0.15) is 0 Å². The highest BCUT2D eigenvalue weighted by atomic mass is 127. The van der Waals surface area contributed by atoms with E-state index >= 15 is 0 Å². The predicted molar refractivity (Wildman–Crippen MR) is 76.1 cm³/mol. The first kappa shape index (κ1) is 13.1. The van der Waals surface area contributed by atoms with Crippen molar-refractivity contribution in [3.05, 3.63) is 27.1 Å². The molecule has 2 nitrogen and oxygen atoms in total. The lowest BCUT2D eigenvalue weighted by molar-refractivity contribution is -0.00544. The summed E-state index contributed by atoms with van der Waals surface area (Å²) in [5.41, 5.74) is 1.68. The zero-order valence-electron chi connectivity index (χ0n) is 10.3. The van der Waals surface area contributed by atoms with Crippen molar-refractivity contribution in [2.45, 2.75) is 33.0 Å². The molecule has 1 aromatic rings. The van der Waals surface area contributed by atoms with Crippen LogP contribution in [-0.2, 0) is 4.74 Å². The van der Waals surface area contributed by atoms with Crippen molar-refractivity contribution >= 4 is 28.3 Å². The summed E-state index contributed by atoms with van der Waals surface area (Å²) in [6.07, 6.45) is 0.297. The topological polar surface area (TPSA) is 12.5 Å². The fourth-order valence-corrected chi connectivity index (χ4v) is 3.44. The van der Waals surface area contributed by atoms with Gasteiger partial charge < -0.3 is 9.64 Å². The SMILES string of the molecule is Cc1cc(F)c(N2C[C@@H](C)O[C@@H](C)C2)c(I)c1. The highest BCUT2D eigenvalue weighted by molar-refractivity contribution is 14.1. The first-order valence-electron chi connectivity index (χ1n) is 5.83. The van der Waals surface area contributed by atoms with Crippen LogP contribution in [0.15, 0.2) is 12.1 Å². The Bertz CT molecular complexity index is 391. The average Bonchev–Trinajstić information content (AvgIpc) is 2.13. The molecule has 0 saturated carbocycles. The van der Waals surface area contributed by atoms with Gasteiger partial charge in [0.05, 0.1) is 17.9 Å². The highest BCUT2D eigenvalue weighted by Crippen LogP contribution is 2.29. The van der Waals surface area contributed by atoms with E-state index in [0.29, 0.717) is 0 Å². The summed E-state index contributed by atoms with van der Waals surface area (Å²) in [7, 11) is 0. The zero-order valence-corrected chi connectivity index (χ0v) is 12.5. The number of anilines is 1. The van der Waals surface area contributed by atoms with E-state index in [0.717, 1.165) is 27.9 Å². The van der Waals surface area contributed by atoms with E-state index in [1.807, 2.05) is 26.8 Å². The van der Waals surface area contributed by atoms with E-state index in [9.17, 15) is 4.39 Å². The minimum atomic E-state index is -0.129. The van der Waals surface area contributed by atoms with Crippen LogP contribution in [0.3, 0.4) is 0 Å². The highest BCUT2D eigenvalue weighted by Gasteiger charge is 2.25. The van der Waals surface area contributed by atoms with E-state index < -0.39 is 0 Å². The van der Waals surface area contributed by atoms with Crippen LogP contribution >= 0.6 is 22.6 Å². The largest absolute Gasteiger partial charge is 0.372 e. The summed E-state index contributed by atoms with van der Waals surface area (Å²) in [5, 5.41) is 0. The number of benzene rings is 1. The zero-order chi connectivity index (χ0) is 12.6. The lowest BCUT2D eigenvalue weighted by Crippen LogP contribution is -2.46. The van der Waals surface area contributed by atoms with Crippen molar-refractivity contribution in [1.82, 2.24) is 0 Å². The van der Waals surface area contributed by atoms with Crippen LogP contribution in [0.2, 0.25) is 0 Å². The number of nitrogens with zero attached hydrogens (tertiary/aromatic N) is 1. The van der Waals surface area contributed by atoms with Crippen molar-refractivity contribution in [3.63, 3.8) is 0 Å². The first-order valence-corrected chi connectivity index (χ1v) is 6.91. The summed E-state index contributed by atoms with van der Waals surface area (Å²) in [5.74, 6) is -0.129. The summed E-state index contributed by atoms with van der Waals surface area (Å²) in [6, 6.07) is 3.62. The van der Waals surface area contributed by atoms with Gasteiger partial charge >= 0.3 is 0 Å². The minimum absolute atomic E-state index is 0.129. The van der Waals surface area contributed by atoms with Crippen LogP contribution in [-0.4, -0.2) is 25.3 Å². The van der Waals surface area contributed by atoms with E-state index in [-0.39, 0.29) is 18.0 Å². The van der Waals surface area contributed by atoms with Crippen molar-refractivity contribution in [2.75, 3.05) is 18.0 Å². The molecule has 4 heteroatoms. The van der Waals surface area contributed by atoms with E-state index in [1.54, 1.807) is 6.07 Å². The summed E-state index contributed by atoms with van der Waals surface area (Å²) in [4.78, 5) is 2.09. The maximum absolute atomic E-state index is 14.1. The van der Waals surface area contributed by atoms with Crippen LogP contribution in [0.1, 0.15) is 19.4 Å². The predicted octanol–water partition coefficient (Wildman–Crippen LogP) is 3.35. The van der Waals surface area contributed by atoms with Crippen molar-refractivity contribution < 1.29 is 9.13 Å². The Morgan fingerprint density at radius 1 is 1.29 bits per heavy atom. The number of hydrogen-bond acceptors (Lipinski definition) is 2. The molecule has 94 valence electrons. The Kier molecular flexibility index (Phi) is 3.92. The molecule has 0 bridgehead atoms. The quantitative estimate of drug-likeness (QED) is 0.721. The molecule has 0 radical (unpaired) electrons. The Morgan fingerprint density at radius 2 is 1.88 bits per heavy atom. The molecule has 0 amide bonds. The molecule has 0 N–H and O–H groups in total. The number of hydrogen-bond donors (Lipinski definition) is 0. The lowest BCUT2D eigenvalue weighted by Gasteiger charge is -2.37. The second kappa shape index (κ2) is 5.10. The molecule has 1 aromatic carbocycles. The van der Waals surface area contributed by atoms with Gasteiger partial charge in [-0.3, -0.25) is 0 Å². The molecule has 1 aliphatic heterocycles. The smallest absolute Gasteiger partial charge is 0.147 e. The van der Waals surface area contributed by atoms with Crippen molar-refractivity contribution in [2.24, 2.45) is 0 Å². The summed E-state index contributed by atoms with van der Waals surface area (Å²) >= 11 is 2.21. The fourth-order valence-electron chi connectivity index (χ4n) is 2.35. The average molecular weight is 349 g/mol. The van der Waals surface area contributed by atoms with Gasteiger partial charge in [-0.25, -0.2) is 4.39 Å². The molecule has 0 aliphatic carbocycles. The molecule has 1 heterocycles. The Balaban J connectivity index is 2.33. The summed E-state index contributed by atoms with van der Waals surface area (Å²) in [6.45, 7) is 7.48. The maximum Gasteiger partial charge on any atom is 0.147 e. The maximum atomic E-state index is 14.1. The third-order valence-electron chi connectivity index (χ3n) is 2.90. The van der Waals surface area contributed by atoms with Crippen molar-refractivity contribution in [3.8, 4) is 0 Å². The number of aryl methyl sites for hydroxylation is 1. The number of halogens is 2. The van der Waals surface area contributed by atoms with Crippen LogP contribution in [0.4, 0.5) is 10.1 Å². The van der Waals surface area contributed by atoms with Gasteiger partial charge in [0.15, 0.2) is 0 Å². The van der Waals surface area contributed by atoms with Crippen LogP contribution in [0, 0.1) is 16.3 Å². The third-order valence-corrected chi connectivity index (χ3v) is 3.72. The molecule has 0 unspecified atom stereocenters. The number of morpholine rings is 1. The molecule has 17 heavy (non-hydrogen) atoms. The normalized spacial score (nSPS) is 25.1. The van der Waals surface area contributed by atoms with Gasteiger partial charge in [-0.1, -0.05) is 0 Å². The monoisotopic (exact) mass is 349 g/mol. The van der Waals surface area contributed by atoms with Gasteiger partial charge in [-0.05, 0) is 61.1 Å². The molecule has 1 fully saturated rings. The lowest BCUT2D eigenvalue weighted by atomic mass is 10.1.